The summed E-state index contributed by atoms with van der Waals surface area (Å²) in [4.78, 5) is 73.0. The third-order valence-electron chi connectivity index (χ3n) is 16.2. The molecule has 0 bridgehead atoms. The Morgan fingerprint density at radius 1 is 0.274 bits per heavy atom. The normalized spacial score (nSPS) is 14.7. The van der Waals surface area contributed by atoms with Crippen LogP contribution in [0, 0.1) is 0 Å². The van der Waals surface area contributed by atoms with Crippen molar-refractivity contribution in [3.05, 3.63) is 170 Å². The Morgan fingerprint density at radius 2 is 0.491 bits per heavy atom. The Labute approximate surface area is 642 Å². The molecule has 602 valence electrons. The van der Waals surface area contributed by atoms with Crippen molar-refractivity contribution in [1.82, 2.24) is 0 Å². The number of aliphatic hydroxyl groups is 1. The molecule has 0 aliphatic heterocycles. The second-order valence-corrected chi connectivity index (χ2v) is 29.1. The predicted molar refractivity (Wildman–Crippen MR) is 436 cm³/mol. The van der Waals surface area contributed by atoms with Crippen LogP contribution in [0.25, 0.3) is 0 Å². The van der Waals surface area contributed by atoms with E-state index in [1.807, 2.05) is 0 Å². The molecule has 106 heavy (non-hydrogen) atoms. The van der Waals surface area contributed by atoms with Crippen LogP contribution in [-0.4, -0.2) is 96.7 Å². The Kier molecular flexibility index (Phi) is 73.5. The van der Waals surface area contributed by atoms with Crippen LogP contribution in [0.1, 0.15) is 297 Å². The zero-order valence-corrected chi connectivity index (χ0v) is 67.6. The Balaban J connectivity index is 5.41. The lowest BCUT2D eigenvalue weighted by molar-refractivity contribution is -0.161. The molecule has 0 heterocycles. The first kappa shape index (κ1) is 100. The molecule has 3 N–H and O–H groups in total. The number of phosphoric ester groups is 2. The minimum atomic E-state index is -5.00. The van der Waals surface area contributed by atoms with Crippen molar-refractivity contribution < 1.29 is 80.2 Å². The fourth-order valence-corrected chi connectivity index (χ4v) is 11.7. The van der Waals surface area contributed by atoms with Crippen molar-refractivity contribution >= 4 is 39.5 Å². The van der Waals surface area contributed by atoms with Gasteiger partial charge < -0.3 is 33.8 Å². The number of ether oxygens (including phenoxy) is 4. The predicted octanol–water partition coefficient (Wildman–Crippen LogP) is 23.8. The van der Waals surface area contributed by atoms with E-state index in [4.69, 9.17) is 37.0 Å². The van der Waals surface area contributed by atoms with Crippen LogP contribution in [0.15, 0.2) is 170 Å². The third kappa shape index (κ3) is 76.6. The maximum Gasteiger partial charge on any atom is 0.472 e. The molecule has 0 saturated heterocycles. The van der Waals surface area contributed by atoms with Gasteiger partial charge in [0.2, 0.25) is 0 Å². The smallest absolute Gasteiger partial charge is 0.462 e. The third-order valence-corrected chi connectivity index (χ3v) is 18.1. The van der Waals surface area contributed by atoms with Gasteiger partial charge in [-0.3, -0.25) is 37.3 Å². The quantitative estimate of drug-likeness (QED) is 0.0169. The van der Waals surface area contributed by atoms with Gasteiger partial charge in [-0.1, -0.05) is 275 Å². The fourth-order valence-electron chi connectivity index (χ4n) is 10.1. The summed E-state index contributed by atoms with van der Waals surface area (Å²) in [6.45, 7) is 4.39. The van der Waals surface area contributed by atoms with E-state index < -0.39 is 97.5 Å². The van der Waals surface area contributed by atoms with E-state index in [9.17, 15) is 43.2 Å². The monoisotopic (exact) mass is 1520 g/mol. The average molecular weight is 1520 g/mol. The SMILES string of the molecule is CC/C=C\C/C=C\C/C=C\C/C=C\C/C=C\CCCCCC(=O)OCC(COP(=O)(O)OCC(O)COP(=O)(O)OCC(COC(=O)CCCCCCCC/C=C\C/C=C\C/C=C\C/C=C\CC)OC(=O)CCCCCC/C=C\C/C=C\C/C=C\C/C=C\CC)OC(=O)CCCCCCC/C=C\CCCC. The van der Waals surface area contributed by atoms with E-state index in [2.05, 4.69) is 198 Å². The maximum absolute atomic E-state index is 13.1. The maximum atomic E-state index is 13.1. The molecule has 0 aromatic heterocycles. The number of aliphatic hydroxyl groups excluding tert-OH is 1. The summed E-state index contributed by atoms with van der Waals surface area (Å²) in [5.74, 6) is -2.27. The van der Waals surface area contributed by atoms with Crippen molar-refractivity contribution in [2.24, 2.45) is 0 Å². The van der Waals surface area contributed by atoms with Gasteiger partial charge >= 0.3 is 39.5 Å². The minimum Gasteiger partial charge on any atom is -0.462 e. The number of carbonyl (C=O) groups excluding carboxylic acids is 4. The molecule has 19 heteroatoms. The highest BCUT2D eigenvalue weighted by atomic mass is 31.2. The van der Waals surface area contributed by atoms with Gasteiger partial charge in [-0.05, 0) is 167 Å². The number of hydrogen-bond donors (Lipinski definition) is 3. The van der Waals surface area contributed by atoms with Crippen molar-refractivity contribution in [2.45, 2.75) is 316 Å². The fraction of sp³-hybridized carbons (Fsp3) is 0.632. The molecule has 0 aromatic carbocycles. The summed E-state index contributed by atoms with van der Waals surface area (Å²) < 4.78 is 68.6. The molecule has 17 nitrogen and oxygen atoms in total. The van der Waals surface area contributed by atoms with E-state index in [0.29, 0.717) is 25.7 Å². The average Bonchev–Trinajstić information content (AvgIpc) is 0.901. The lowest BCUT2D eigenvalue weighted by Crippen LogP contribution is -2.30. The van der Waals surface area contributed by atoms with E-state index in [-0.39, 0.29) is 25.7 Å². The van der Waals surface area contributed by atoms with E-state index >= 15 is 0 Å². The number of hydrogen-bond acceptors (Lipinski definition) is 15. The van der Waals surface area contributed by atoms with Crippen LogP contribution in [0.5, 0.6) is 0 Å². The van der Waals surface area contributed by atoms with Crippen molar-refractivity contribution in [3.8, 4) is 0 Å². The van der Waals surface area contributed by atoms with Gasteiger partial charge in [0.25, 0.3) is 0 Å². The molecule has 0 spiro atoms. The minimum absolute atomic E-state index is 0.0569. The van der Waals surface area contributed by atoms with Crippen LogP contribution >= 0.6 is 15.6 Å². The molecule has 0 saturated carbocycles. The first-order valence-electron chi connectivity index (χ1n) is 40.4. The van der Waals surface area contributed by atoms with E-state index in [1.54, 1.807) is 0 Å². The Hall–Kier alpha value is -5.58. The summed E-state index contributed by atoms with van der Waals surface area (Å²) in [6.07, 6.45) is 91.9. The van der Waals surface area contributed by atoms with Crippen LogP contribution in [-0.2, 0) is 65.4 Å². The summed E-state index contributed by atoms with van der Waals surface area (Å²) in [5.41, 5.74) is 0. The summed E-state index contributed by atoms with van der Waals surface area (Å²) >= 11 is 0. The second-order valence-electron chi connectivity index (χ2n) is 26.2. The zero-order valence-electron chi connectivity index (χ0n) is 65.8. The van der Waals surface area contributed by atoms with Crippen LogP contribution in [0.2, 0.25) is 0 Å². The van der Waals surface area contributed by atoms with Crippen molar-refractivity contribution in [3.63, 3.8) is 0 Å². The van der Waals surface area contributed by atoms with Gasteiger partial charge in [-0.2, -0.15) is 0 Å². The standard InChI is InChI=1S/C87H142O17P2/c1-5-9-13-17-21-25-29-32-35-38-40-43-45-48-52-55-59-63-67-71-84(89)97-77-82(103-86(91)73-69-65-61-57-51-28-24-20-16-12-8-4)79-101-105(93,94)99-75-81(88)76-100-106(95,96)102-80-83(104-87(92)74-70-66-62-58-54-50-47-42-37-34-31-27-23-19-15-11-7-3)78-98-85(90)72-68-64-60-56-53-49-46-44-41-39-36-33-30-26-22-18-14-10-6-2/h9-11,13-15,20-27,32-37,40-41,43-44,47-48,50,52,81-83,88H,5-8,12,16-19,28-31,38-39,42,45-46,49,51,53-80H2,1-4H3,(H,93,94)(H,95,96)/b13-9-,14-10-,15-11-,24-20-,25-21-,26-22-,27-23-,35-32-,36-33-,37-34-,43-40-,44-41-,50-47-,52-48-. The largest absolute Gasteiger partial charge is 0.472 e. The van der Waals surface area contributed by atoms with Crippen LogP contribution in [0.4, 0.5) is 0 Å². The molecule has 0 rings (SSSR count). The van der Waals surface area contributed by atoms with Gasteiger partial charge in [-0.15, -0.1) is 0 Å². The first-order valence-corrected chi connectivity index (χ1v) is 43.4. The molecule has 0 aliphatic rings. The van der Waals surface area contributed by atoms with E-state index in [0.717, 1.165) is 205 Å². The molecule has 0 aliphatic carbocycles. The molecular weight excluding hydrogens is 1380 g/mol. The number of rotatable bonds is 74. The zero-order chi connectivity index (χ0) is 77.4. The van der Waals surface area contributed by atoms with E-state index in [1.165, 1.54) is 12.8 Å². The highest BCUT2D eigenvalue weighted by molar-refractivity contribution is 7.47. The molecule has 0 aromatic rings. The summed E-state index contributed by atoms with van der Waals surface area (Å²) in [6, 6.07) is 0. The summed E-state index contributed by atoms with van der Waals surface area (Å²) in [5, 5.41) is 10.6. The highest BCUT2D eigenvalue weighted by Gasteiger charge is 2.30. The summed E-state index contributed by atoms with van der Waals surface area (Å²) in [7, 11) is -9.99. The molecule has 0 radical (unpaired) electrons. The Morgan fingerprint density at radius 3 is 0.774 bits per heavy atom. The van der Waals surface area contributed by atoms with Gasteiger partial charge in [-0.25, -0.2) is 9.13 Å². The second kappa shape index (κ2) is 77.6. The number of esters is 4. The molecule has 5 unspecified atom stereocenters. The Bertz CT molecular complexity index is 2680. The number of phosphoric acid groups is 2. The number of carbonyl (C=O) groups is 4. The van der Waals surface area contributed by atoms with Crippen molar-refractivity contribution in [2.75, 3.05) is 39.6 Å². The molecule has 5 atom stereocenters. The highest BCUT2D eigenvalue weighted by Crippen LogP contribution is 2.45. The van der Waals surface area contributed by atoms with Gasteiger partial charge in [0.05, 0.1) is 26.4 Å². The lowest BCUT2D eigenvalue weighted by Gasteiger charge is -2.21. The number of allylic oxidation sites excluding steroid dienone is 28. The lowest BCUT2D eigenvalue weighted by atomic mass is 10.1. The molecular formula is C87H142O17P2. The first-order chi connectivity index (χ1) is 51.7. The van der Waals surface area contributed by atoms with Gasteiger partial charge in [0.15, 0.2) is 12.2 Å². The molecule has 0 fully saturated rings. The van der Waals surface area contributed by atoms with Gasteiger partial charge in [0.1, 0.15) is 19.3 Å². The number of unbranched alkanes of at least 4 members (excludes halogenated alkanes) is 20. The van der Waals surface area contributed by atoms with Crippen LogP contribution < -0.4 is 0 Å². The topological polar surface area (TPSA) is 237 Å². The van der Waals surface area contributed by atoms with Crippen LogP contribution in [0.3, 0.4) is 0 Å². The molecule has 0 amide bonds. The van der Waals surface area contributed by atoms with Crippen molar-refractivity contribution in [1.29, 1.82) is 0 Å². The van der Waals surface area contributed by atoms with Gasteiger partial charge in [0, 0.05) is 25.7 Å².